The minimum Gasteiger partial charge on any atom is -0.312 e. The third-order valence-corrected chi connectivity index (χ3v) is 2.51. The lowest BCUT2D eigenvalue weighted by Crippen LogP contribution is -2.39. The second-order valence-electron chi connectivity index (χ2n) is 3.69. The Morgan fingerprint density at radius 3 is 2.40 bits per heavy atom. The summed E-state index contributed by atoms with van der Waals surface area (Å²) in [5, 5.41) is 3.61. The molecule has 0 atom stereocenters. The number of hydrogen-bond acceptors (Lipinski definition) is 1. The lowest BCUT2D eigenvalue weighted by molar-refractivity contribution is 0.366. The van der Waals surface area contributed by atoms with Gasteiger partial charge in [0, 0.05) is 5.54 Å². The van der Waals surface area contributed by atoms with Gasteiger partial charge >= 0.3 is 0 Å². The fourth-order valence-corrected chi connectivity index (χ4v) is 1.76. The van der Waals surface area contributed by atoms with Crippen molar-refractivity contribution in [3.8, 4) is 0 Å². The van der Waals surface area contributed by atoms with Crippen molar-refractivity contribution in [1.82, 2.24) is 5.32 Å². The molecule has 1 nitrogen and oxygen atoms in total. The van der Waals surface area contributed by atoms with Crippen molar-refractivity contribution in [1.29, 1.82) is 0 Å². The smallest absolute Gasteiger partial charge is 0.0153 e. The van der Waals surface area contributed by atoms with E-state index in [-0.39, 0.29) is 0 Å². The molecule has 60 valence electrons. The van der Waals surface area contributed by atoms with E-state index in [1.165, 1.54) is 38.6 Å². The van der Waals surface area contributed by atoms with Crippen LogP contribution >= 0.6 is 0 Å². The molecular weight excluding hydrogens is 122 g/mol. The standard InChI is InChI=1S/C9H19N/c1-3-8-10-9(2)6-4-5-7-9/h10H,3-8H2,1-2H3. The van der Waals surface area contributed by atoms with Crippen molar-refractivity contribution in [3.63, 3.8) is 0 Å². The second kappa shape index (κ2) is 3.38. The second-order valence-corrected chi connectivity index (χ2v) is 3.69. The van der Waals surface area contributed by atoms with Crippen LogP contribution < -0.4 is 5.32 Å². The Morgan fingerprint density at radius 2 is 1.90 bits per heavy atom. The summed E-state index contributed by atoms with van der Waals surface area (Å²) < 4.78 is 0. The van der Waals surface area contributed by atoms with Gasteiger partial charge in [-0.2, -0.15) is 0 Å². The first-order valence-electron chi connectivity index (χ1n) is 4.52. The molecule has 0 spiro atoms. The van der Waals surface area contributed by atoms with E-state index in [1.807, 2.05) is 0 Å². The number of rotatable bonds is 3. The van der Waals surface area contributed by atoms with Crippen molar-refractivity contribution in [3.05, 3.63) is 0 Å². The predicted molar refractivity (Wildman–Crippen MR) is 45.2 cm³/mol. The van der Waals surface area contributed by atoms with E-state index >= 15 is 0 Å². The van der Waals surface area contributed by atoms with Gasteiger partial charge in [0.2, 0.25) is 0 Å². The molecule has 0 aromatic heterocycles. The highest BCUT2D eigenvalue weighted by molar-refractivity contribution is 4.87. The Kier molecular flexibility index (Phi) is 2.72. The van der Waals surface area contributed by atoms with E-state index in [4.69, 9.17) is 0 Å². The molecule has 0 aromatic rings. The first-order valence-corrected chi connectivity index (χ1v) is 4.52. The topological polar surface area (TPSA) is 12.0 Å². The Hall–Kier alpha value is -0.0400. The minimum atomic E-state index is 0.496. The van der Waals surface area contributed by atoms with Gasteiger partial charge in [-0.15, -0.1) is 0 Å². The lowest BCUT2D eigenvalue weighted by atomic mass is 10.0. The molecule has 1 saturated carbocycles. The van der Waals surface area contributed by atoms with E-state index in [9.17, 15) is 0 Å². The molecule has 1 rings (SSSR count). The van der Waals surface area contributed by atoms with Crippen molar-refractivity contribution in [2.24, 2.45) is 0 Å². The molecule has 0 saturated heterocycles. The molecular formula is C9H19N. The van der Waals surface area contributed by atoms with Crippen LogP contribution in [-0.4, -0.2) is 12.1 Å². The van der Waals surface area contributed by atoms with Crippen LogP contribution in [0.25, 0.3) is 0 Å². The van der Waals surface area contributed by atoms with Crippen LogP contribution in [0, 0.1) is 0 Å². The molecule has 0 heterocycles. The van der Waals surface area contributed by atoms with E-state index in [0.29, 0.717) is 5.54 Å². The van der Waals surface area contributed by atoms with Crippen molar-refractivity contribution < 1.29 is 0 Å². The molecule has 1 fully saturated rings. The fourth-order valence-electron chi connectivity index (χ4n) is 1.76. The van der Waals surface area contributed by atoms with Crippen LogP contribution in [0.15, 0.2) is 0 Å². The first-order chi connectivity index (χ1) is 4.77. The summed E-state index contributed by atoms with van der Waals surface area (Å²) in [7, 11) is 0. The summed E-state index contributed by atoms with van der Waals surface area (Å²) in [6.07, 6.45) is 6.87. The predicted octanol–water partition coefficient (Wildman–Crippen LogP) is 2.32. The molecule has 0 amide bonds. The monoisotopic (exact) mass is 141 g/mol. The highest BCUT2D eigenvalue weighted by Gasteiger charge is 2.26. The average molecular weight is 141 g/mol. The summed E-state index contributed by atoms with van der Waals surface area (Å²) in [6, 6.07) is 0. The molecule has 1 aliphatic carbocycles. The van der Waals surface area contributed by atoms with E-state index in [2.05, 4.69) is 19.2 Å². The van der Waals surface area contributed by atoms with Crippen molar-refractivity contribution in [2.45, 2.75) is 51.5 Å². The number of nitrogens with one attached hydrogen (secondary N) is 1. The normalized spacial score (nSPS) is 23.4. The van der Waals surface area contributed by atoms with Gasteiger partial charge in [0.05, 0.1) is 0 Å². The third kappa shape index (κ3) is 1.98. The Labute approximate surface area is 64.2 Å². The number of hydrogen-bond donors (Lipinski definition) is 1. The van der Waals surface area contributed by atoms with Crippen LogP contribution in [-0.2, 0) is 0 Å². The zero-order valence-electron chi connectivity index (χ0n) is 7.24. The van der Waals surface area contributed by atoms with Gasteiger partial charge < -0.3 is 5.32 Å². The summed E-state index contributed by atoms with van der Waals surface area (Å²) in [4.78, 5) is 0. The zero-order chi connectivity index (χ0) is 7.45. The Balaban J connectivity index is 2.22. The van der Waals surface area contributed by atoms with Crippen molar-refractivity contribution >= 4 is 0 Å². The van der Waals surface area contributed by atoms with Gasteiger partial charge in [-0.3, -0.25) is 0 Å². The molecule has 1 heteroatoms. The van der Waals surface area contributed by atoms with Crippen LogP contribution in [0.1, 0.15) is 46.0 Å². The van der Waals surface area contributed by atoms with E-state index in [1.54, 1.807) is 0 Å². The highest BCUT2D eigenvalue weighted by atomic mass is 15.0. The highest BCUT2D eigenvalue weighted by Crippen LogP contribution is 2.28. The molecule has 0 bridgehead atoms. The van der Waals surface area contributed by atoms with Crippen LogP contribution in [0.4, 0.5) is 0 Å². The summed E-state index contributed by atoms with van der Waals surface area (Å²) >= 11 is 0. The van der Waals surface area contributed by atoms with Crippen LogP contribution in [0.5, 0.6) is 0 Å². The minimum absolute atomic E-state index is 0.496. The lowest BCUT2D eigenvalue weighted by Gasteiger charge is -2.24. The van der Waals surface area contributed by atoms with E-state index in [0.717, 1.165) is 0 Å². The molecule has 0 unspecified atom stereocenters. The van der Waals surface area contributed by atoms with Crippen LogP contribution in [0.2, 0.25) is 0 Å². The molecule has 1 aliphatic rings. The molecule has 0 aliphatic heterocycles. The fraction of sp³-hybridized carbons (Fsp3) is 1.00. The van der Waals surface area contributed by atoms with Gasteiger partial charge in [0.25, 0.3) is 0 Å². The first kappa shape index (κ1) is 8.06. The zero-order valence-corrected chi connectivity index (χ0v) is 7.24. The quantitative estimate of drug-likeness (QED) is 0.636. The third-order valence-electron chi connectivity index (χ3n) is 2.51. The van der Waals surface area contributed by atoms with Gasteiger partial charge in [-0.25, -0.2) is 0 Å². The van der Waals surface area contributed by atoms with Gasteiger partial charge in [0.15, 0.2) is 0 Å². The maximum absolute atomic E-state index is 3.61. The maximum Gasteiger partial charge on any atom is 0.0153 e. The molecule has 0 aromatic carbocycles. The van der Waals surface area contributed by atoms with Crippen molar-refractivity contribution in [2.75, 3.05) is 6.54 Å². The molecule has 1 N–H and O–H groups in total. The molecule has 10 heavy (non-hydrogen) atoms. The van der Waals surface area contributed by atoms with E-state index < -0.39 is 0 Å². The summed E-state index contributed by atoms with van der Waals surface area (Å²) in [5.74, 6) is 0. The Bertz CT molecular complexity index is 92.9. The summed E-state index contributed by atoms with van der Waals surface area (Å²) in [5.41, 5.74) is 0.496. The maximum atomic E-state index is 3.61. The molecule has 0 radical (unpaired) electrons. The Morgan fingerprint density at radius 1 is 1.30 bits per heavy atom. The summed E-state index contributed by atoms with van der Waals surface area (Å²) in [6.45, 7) is 5.78. The van der Waals surface area contributed by atoms with Gasteiger partial charge in [-0.05, 0) is 32.7 Å². The van der Waals surface area contributed by atoms with Gasteiger partial charge in [0.1, 0.15) is 0 Å². The average Bonchev–Trinajstić information content (AvgIpc) is 2.33. The SMILES string of the molecule is CCCNC1(C)CCCC1. The van der Waals surface area contributed by atoms with Gasteiger partial charge in [-0.1, -0.05) is 19.8 Å². The van der Waals surface area contributed by atoms with Crippen LogP contribution in [0.3, 0.4) is 0 Å². The largest absolute Gasteiger partial charge is 0.312 e.